The van der Waals surface area contributed by atoms with Crippen molar-refractivity contribution in [1.82, 2.24) is 15.6 Å². The third kappa shape index (κ3) is 7.76. The smallest absolute Gasteiger partial charge is 0.407 e. The predicted molar refractivity (Wildman–Crippen MR) is 135 cm³/mol. The SMILES string of the molecule is CCNN(c1ccccc1)C1CCN(C(C)(C)CCCNC(=O)OCc2ccccc2)CC1. The van der Waals surface area contributed by atoms with Crippen molar-refractivity contribution in [2.45, 2.75) is 64.6 Å². The Bertz CT molecular complexity index is 821. The molecule has 0 unspecified atom stereocenters. The molecule has 0 bridgehead atoms. The van der Waals surface area contributed by atoms with E-state index in [1.165, 1.54) is 5.69 Å². The highest BCUT2D eigenvalue weighted by atomic mass is 16.5. The number of anilines is 1. The minimum Gasteiger partial charge on any atom is -0.445 e. The van der Waals surface area contributed by atoms with Crippen LogP contribution < -0.4 is 15.8 Å². The average Bonchev–Trinajstić information content (AvgIpc) is 2.85. The molecule has 0 radical (unpaired) electrons. The summed E-state index contributed by atoms with van der Waals surface area (Å²) in [5.74, 6) is 0. The molecular formula is C27H40N4O2. The lowest BCUT2D eigenvalue weighted by Crippen LogP contribution is -2.55. The molecule has 1 amide bonds. The molecule has 6 nitrogen and oxygen atoms in total. The number of likely N-dealkylation sites (tertiary alicyclic amines) is 1. The highest BCUT2D eigenvalue weighted by Crippen LogP contribution is 2.28. The first-order valence-corrected chi connectivity index (χ1v) is 12.3. The second-order valence-electron chi connectivity index (χ2n) is 9.34. The van der Waals surface area contributed by atoms with Gasteiger partial charge >= 0.3 is 6.09 Å². The van der Waals surface area contributed by atoms with Crippen LogP contribution in [0.3, 0.4) is 0 Å². The van der Waals surface area contributed by atoms with E-state index in [-0.39, 0.29) is 11.6 Å². The average molecular weight is 453 g/mol. The summed E-state index contributed by atoms with van der Waals surface area (Å²) in [6.45, 7) is 10.8. The van der Waals surface area contributed by atoms with Crippen molar-refractivity contribution in [3.05, 3.63) is 66.2 Å². The van der Waals surface area contributed by atoms with Crippen LogP contribution in [0, 0.1) is 0 Å². The molecule has 0 aliphatic carbocycles. The summed E-state index contributed by atoms with van der Waals surface area (Å²) in [4.78, 5) is 14.6. The zero-order valence-corrected chi connectivity index (χ0v) is 20.4. The topological polar surface area (TPSA) is 56.8 Å². The summed E-state index contributed by atoms with van der Waals surface area (Å²) in [7, 11) is 0. The van der Waals surface area contributed by atoms with Gasteiger partial charge in [-0.3, -0.25) is 4.90 Å². The van der Waals surface area contributed by atoms with Crippen molar-refractivity contribution < 1.29 is 9.53 Å². The van der Waals surface area contributed by atoms with E-state index >= 15 is 0 Å². The fraction of sp³-hybridized carbons (Fsp3) is 0.519. The van der Waals surface area contributed by atoms with Gasteiger partial charge in [0.05, 0.1) is 5.69 Å². The maximum atomic E-state index is 12.0. The van der Waals surface area contributed by atoms with Gasteiger partial charge in [-0.2, -0.15) is 0 Å². The third-order valence-electron chi connectivity index (χ3n) is 6.50. The number of rotatable bonds is 11. The van der Waals surface area contributed by atoms with Gasteiger partial charge in [-0.25, -0.2) is 10.2 Å². The van der Waals surface area contributed by atoms with Crippen molar-refractivity contribution in [1.29, 1.82) is 0 Å². The third-order valence-corrected chi connectivity index (χ3v) is 6.50. The quantitative estimate of drug-likeness (QED) is 0.372. The van der Waals surface area contributed by atoms with Crippen LogP contribution in [0.15, 0.2) is 60.7 Å². The van der Waals surface area contributed by atoms with Gasteiger partial charge in [0.15, 0.2) is 0 Å². The van der Waals surface area contributed by atoms with Gasteiger partial charge in [-0.1, -0.05) is 55.5 Å². The molecular weight excluding hydrogens is 412 g/mol. The molecule has 1 saturated heterocycles. The summed E-state index contributed by atoms with van der Waals surface area (Å²) in [5.41, 5.74) is 5.90. The highest BCUT2D eigenvalue weighted by Gasteiger charge is 2.32. The van der Waals surface area contributed by atoms with Crippen LogP contribution >= 0.6 is 0 Å². The number of benzene rings is 2. The predicted octanol–water partition coefficient (Wildman–Crippen LogP) is 4.97. The van der Waals surface area contributed by atoms with Crippen LogP contribution in [0.5, 0.6) is 0 Å². The second kappa shape index (κ2) is 12.6. The largest absolute Gasteiger partial charge is 0.445 e. The monoisotopic (exact) mass is 452 g/mol. The number of piperidine rings is 1. The molecule has 3 rings (SSSR count). The normalized spacial score (nSPS) is 15.2. The lowest BCUT2D eigenvalue weighted by Gasteiger charge is -2.46. The number of amides is 1. The van der Waals surface area contributed by atoms with Crippen molar-refractivity contribution in [3.8, 4) is 0 Å². The number of hydrogen-bond donors (Lipinski definition) is 2. The molecule has 1 heterocycles. The van der Waals surface area contributed by atoms with Crippen LogP contribution in [-0.4, -0.2) is 48.8 Å². The van der Waals surface area contributed by atoms with Crippen LogP contribution in [-0.2, 0) is 11.3 Å². The van der Waals surface area contributed by atoms with Crippen molar-refractivity contribution in [3.63, 3.8) is 0 Å². The highest BCUT2D eigenvalue weighted by molar-refractivity contribution is 5.67. The molecule has 2 N–H and O–H groups in total. The summed E-state index contributed by atoms with van der Waals surface area (Å²) in [6.07, 6.45) is 3.89. The summed E-state index contributed by atoms with van der Waals surface area (Å²) < 4.78 is 5.30. The van der Waals surface area contributed by atoms with E-state index in [2.05, 4.69) is 71.8 Å². The maximum absolute atomic E-state index is 12.0. The number of hydrogen-bond acceptors (Lipinski definition) is 5. The van der Waals surface area contributed by atoms with Gasteiger partial charge in [0.2, 0.25) is 0 Å². The fourth-order valence-electron chi connectivity index (χ4n) is 4.56. The molecule has 0 saturated carbocycles. The molecule has 1 aliphatic rings. The lowest BCUT2D eigenvalue weighted by atomic mass is 9.92. The Morgan fingerprint density at radius 2 is 1.70 bits per heavy atom. The molecule has 1 fully saturated rings. The number of ether oxygens (including phenoxy) is 1. The summed E-state index contributed by atoms with van der Waals surface area (Å²) in [6, 6.07) is 20.9. The Labute approximate surface area is 199 Å². The molecule has 0 aromatic heterocycles. The minimum absolute atomic E-state index is 0.107. The first kappa shape index (κ1) is 25.1. The van der Waals surface area contributed by atoms with Gasteiger partial charge in [0.25, 0.3) is 0 Å². The Balaban J connectivity index is 1.38. The van der Waals surface area contributed by atoms with Crippen molar-refractivity contribution in [2.75, 3.05) is 31.2 Å². The molecule has 0 spiro atoms. The van der Waals surface area contributed by atoms with E-state index in [1.54, 1.807) is 0 Å². The first-order chi connectivity index (χ1) is 16.0. The molecule has 1 aliphatic heterocycles. The zero-order valence-electron chi connectivity index (χ0n) is 20.4. The second-order valence-corrected chi connectivity index (χ2v) is 9.34. The van der Waals surface area contributed by atoms with Gasteiger partial charge in [-0.05, 0) is 57.2 Å². The number of alkyl carbamates (subject to hydrolysis) is 1. The summed E-state index contributed by atoms with van der Waals surface area (Å²) in [5, 5.41) is 5.24. The Hall–Kier alpha value is -2.57. The van der Waals surface area contributed by atoms with Crippen molar-refractivity contribution >= 4 is 11.8 Å². The summed E-state index contributed by atoms with van der Waals surface area (Å²) >= 11 is 0. The zero-order chi connectivity index (χ0) is 23.5. The van der Waals surface area contributed by atoms with E-state index in [1.807, 2.05) is 30.3 Å². The number of nitrogens with zero attached hydrogens (tertiary/aromatic N) is 2. The van der Waals surface area contributed by atoms with Gasteiger partial charge in [0, 0.05) is 37.8 Å². The Morgan fingerprint density at radius 3 is 2.33 bits per heavy atom. The van der Waals surface area contributed by atoms with Crippen LogP contribution in [0.4, 0.5) is 10.5 Å². The number of carbonyl (C=O) groups excluding carboxylic acids is 1. The minimum atomic E-state index is -0.345. The van der Waals surface area contributed by atoms with E-state index in [0.29, 0.717) is 19.2 Å². The molecule has 180 valence electrons. The Morgan fingerprint density at radius 1 is 1.06 bits per heavy atom. The number of nitrogens with one attached hydrogen (secondary N) is 2. The number of carbonyl (C=O) groups is 1. The standard InChI is InChI=1S/C27H40N4O2/c1-4-29-31(24-14-9-6-10-15-24)25-16-20-30(21-17-25)27(2,3)18-11-19-28-26(32)33-22-23-12-7-5-8-13-23/h5-10,12-15,25,29H,4,11,16-22H2,1-3H3,(H,28,32). The van der Waals surface area contributed by atoms with Gasteiger partial charge in [0.1, 0.15) is 6.61 Å². The lowest BCUT2D eigenvalue weighted by molar-refractivity contribution is 0.0768. The molecule has 2 aromatic carbocycles. The van der Waals surface area contributed by atoms with E-state index < -0.39 is 0 Å². The van der Waals surface area contributed by atoms with E-state index in [9.17, 15) is 4.79 Å². The molecule has 33 heavy (non-hydrogen) atoms. The van der Waals surface area contributed by atoms with Crippen LogP contribution in [0.1, 0.15) is 52.0 Å². The molecule has 2 aromatic rings. The van der Waals surface area contributed by atoms with Crippen molar-refractivity contribution in [2.24, 2.45) is 0 Å². The Kier molecular flexibility index (Phi) is 9.58. The fourth-order valence-corrected chi connectivity index (χ4v) is 4.56. The number of para-hydroxylation sites is 1. The van der Waals surface area contributed by atoms with Gasteiger partial charge < -0.3 is 15.1 Å². The number of hydrazine groups is 1. The maximum Gasteiger partial charge on any atom is 0.407 e. The van der Waals surface area contributed by atoms with E-state index in [0.717, 1.165) is 50.9 Å². The van der Waals surface area contributed by atoms with E-state index in [4.69, 9.17) is 4.74 Å². The van der Waals surface area contributed by atoms with Crippen LogP contribution in [0.2, 0.25) is 0 Å². The van der Waals surface area contributed by atoms with Crippen LogP contribution in [0.25, 0.3) is 0 Å². The molecule has 6 heteroatoms. The first-order valence-electron chi connectivity index (χ1n) is 12.3. The van der Waals surface area contributed by atoms with Gasteiger partial charge in [-0.15, -0.1) is 0 Å². The molecule has 0 atom stereocenters.